The number of aryl methyl sites for hydroxylation is 1. The van der Waals surface area contributed by atoms with E-state index in [1.54, 1.807) is 6.07 Å². The van der Waals surface area contributed by atoms with Gasteiger partial charge in [-0.2, -0.15) is 5.26 Å². The summed E-state index contributed by atoms with van der Waals surface area (Å²) >= 11 is 6.86. The molecule has 4 nitrogen and oxygen atoms in total. The van der Waals surface area contributed by atoms with E-state index in [0.717, 1.165) is 11.3 Å². The van der Waals surface area contributed by atoms with Crippen LogP contribution in [0.25, 0.3) is 10.3 Å². The van der Waals surface area contributed by atoms with E-state index in [2.05, 4.69) is 4.98 Å². The number of fused-ring (bicyclic) bond motifs is 1. The third-order valence-electron chi connectivity index (χ3n) is 1.94. The number of rotatable bonds is 2. The lowest BCUT2D eigenvalue weighted by Crippen LogP contribution is -2.12. The Kier molecular flexibility index (Phi) is 2.71. The molecule has 0 radical (unpaired) electrons. The van der Waals surface area contributed by atoms with Crippen molar-refractivity contribution in [3.8, 4) is 6.07 Å². The summed E-state index contributed by atoms with van der Waals surface area (Å²) in [5.74, 6) is 0. The average Bonchev–Trinajstić information content (AvgIpc) is 2.51. The second-order valence-corrected chi connectivity index (χ2v) is 4.28. The first-order valence-electron chi connectivity index (χ1n) is 4.24. The fourth-order valence-electron chi connectivity index (χ4n) is 1.30. The van der Waals surface area contributed by atoms with E-state index in [4.69, 9.17) is 16.9 Å². The van der Waals surface area contributed by atoms with Crippen LogP contribution in [0.5, 0.6) is 0 Å². The van der Waals surface area contributed by atoms with Crippen LogP contribution >= 0.6 is 22.9 Å². The van der Waals surface area contributed by atoms with E-state index in [9.17, 15) is 4.79 Å². The Bertz CT molecular complexity index is 595. The zero-order chi connectivity index (χ0) is 10.8. The Morgan fingerprint density at radius 2 is 2.47 bits per heavy atom. The van der Waals surface area contributed by atoms with Gasteiger partial charge in [-0.25, -0.2) is 4.98 Å². The molecule has 0 aliphatic heterocycles. The Morgan fingerprint density at radius 1 is 1.67 bits per heavy atom. The molecule has 2 heterocycles. The first-order valence-corrected chi connectivity index (χ1v) is 5.43. The molecule has 76 valence electrons. The van der Waals surface area contributed by atoms with Crippen LogP contribution in [0, 0.1) is 11.3 Å². The summed E-state index contributed by atoms with van der Waals surface area (Å²) < 4.78 is 1.53. The Morgan fingerprint density at radius 3 is 3.20 bits per heavy atom. The molecular formula is C9H6ClN3OS. The highest BCUT2D eigenvalue weighted by Crippen LogP contribution is 2.18. The van der Waals surface area contributed by atoms with Crippen LogP contribution in [0.4, 0.5) is 0 Å². The molecule has 0 amide bonds. The van der Waals surface area contributed by atoms with Gasteiger partial charge in [-0.15, -0.1) is 0 Å². The van der Waals surface area contributed by atoms with Gasteiger partial charge < -0.3 is 0 Å². The molecular weight excluding hydrogens is 234 g/mol. The molecule has 0 unspecified atom stereocenters. The number of hydrogen-bond acceptors (Lipinski definition) is 4. The molecule has 0 aromatic carbocycles. The molecule has 0 N–H and O–H groups in total. The summed E-state index contributed by atoms with van der Waals surface area (Å²) in [6.45, 7) is 0.386. The topological polar surface area (TPSA) is 58.7 Å². The highest BCUT2D eigenvalue weighted by Gasteiger charge is 2.08. The van der Waals surface area contributed by atoms with Gasteiger partial charge in [-0.1, -0.05) is 22.9 Å². The molecule has 2 aromatic heterocycles. The normalized spacial score (nSPS) is 10.4. The molecule has 0 saturated heterocycles. The summed E-state index contributed by atoms with van der Waals surface area (Å²) in [4.78, 5) is 16.2. The lowest BCUT2D eigenvalue weighted by atomic mass is 10.4. The third-order valence-corrected chi connectivity index (χ3v) is 3.05. The zero-order valence-corrected chi connectivity index (χ0v) is 9.18. The fourth-order valence-corrected chi connectivity index (χ4v) is 2.29. The van der Waals surface area contributed by atoms with Gasteiger partial charge in [0.05, 0.1) is 23.0 Å². The van der Waals surface area contributed by atoms with E-state index in [1.165, 1.54) is 10.8 Å². The maximum absolute atomic E-state index is 11.5. The van der Waals surface area contributed by atoms with E-state index in [1.807, 2.05) is 6.07 Å². The lowest BCUT2D eigenvalue weighted by Gasteiger charge is -1.98. The summed E-state index contributed by atoms with van der Waals surface area (Å²) in [7, 11) is 0. The molecule has 0 aliphatic rings. The van der Waals surface area contributed by atoms with Crippen LogP contribution in [0.3, 0.4) is 0 Å². The number of hydrogen-bond donors (Lipinski definition) is 0. The molecule has 0 aliphatic carbocycles. The summed E-state index contributed by atoms with van der Waals surface area (Å²) in [6.07, 6.45) is 1.81. The number of aromatic nitrogens is 2. The lowest BCUT2D eigenvalue weighted by molar-refractivity contribution is 0.728. The number of nitrogens with zero attached hydrogens (tertiary/aromatic N) is 3. The van der Waals surface area contributed by atoms with Crippen molar-refractivity contribution in [1.82, 2.24) is 9.55 Å². The maximum atomic E-state index is 11.5. The summed E-state index contributed by atoms with van der Waals surface area (Å²) in [5, 5.41) is 8.97. The van der Waals surface area contributed by atoms with Crippen molar-refractivity contribution in [2.45, 2.75) is 13.0 Å². The molecule has 0 saturated carbocycles. The Labute approximate surface area is 94.4 Å². The third kappa shape index (κ3) is 1.87. The van der Waals surface area contributed by atoms with Gasteiger partial charge in [0.25, 0.3) is 0 Å². The van der Waals surface area contributed by atoms with Crippen molar-refractivity contribution < 1.29 is 0 Å². The zero-order valence-electron chi connectivity index (χ0n) is 7.61. The molecule has 2 rings (SSSR count). The predicted octanol–water partition coefficient (Wildman–Crippen LogP) is 2.03. The molecule has 0 bridgehead atoms. The molecule has 0 atom stereocenters. The SMILES string of the molecule is N#CCCn1c(=O)sc2ncc(Cl)cc21. The highest BCUT2D eigenvalue weighted by molar-refractivity contribution is 7.16. The first-order chi connectivity index (χ1) is 7.22. The van der Waals surface area contributed by atoms with E-state index >= 15 is 0 Å². The number of thiazole rings is 1. The van der Waals surface area contributed by atoms with Crippen molar-refractivity contribution in [1.29, 1.82) is 5.26 Å². The van der Waals surface area contributed by atoms with E-state index in [0.29, 0.717) is 28.3 Å². The van der Waals surface area contributed by atoms with Gasteiger partial charge in [-0.3, -0.25) is 9.36 Å². The van der Waals surface area contributed by atoms with Gasteiger partial charge in [0.15, 0.2) is 0 Å². The quantitative estimate of drug-likeness (QED) is 0.806. The van der Waals surface area contributed by atoms with Crippen LogP contribution in [0.1, 0.15) is 6.42 Å². The molecule has 2 aromatic rings. The van der Waals surface area contributed by atoms with Crippen LogP contribution in [0.2, 0.25) is 5.02 Å². The van der Waals surface area contributed by atoms with E-state index in [-0.39, 0.29) is 4.87 Å². The van der Waals surface area contributed by atoms with Gasteiger partial charge in [-0.05, 0) is 6.07 Å². The molecule has 0 spiro atoms. The minimum atomic E-state index is -0.102. The van der Waals surface area contributed by atoms with Crippen molar-refractivity contribution in [2.24, 2.45) is 0 Å². The van der Waals surface area contributed by atoms with Crippen molar-refractivity contribution >= 4 is 33.3 Å². The number of pyridine rings is 1. The largest absolute Gasteiger partial charge is 0.309 e. The van der Waals surface area contributed by atoms with Crippen molar-refractivity contribution in [3.05, 3.63) is 27.0 Å². The summed E-state index contributed by atoms with van der Waals surface area (Å²) in [5.41, 5.74) is 0.702. The fraction of sp³-hybridized carbons (Fsp3) is 0.222. The van der Waals surface area contributed by atoms with Gasteiger partial charge in [0.2, 0.25) is 0 Å². The second kappa shape index (κ2) is 4.01. The van der Waals surface area contributed by atoms with Crippen LogP contribution in [-0.4, -0.2) is 9.55 Å². The van der Waals surface area contributed by atoms with Crippen LogP contribution < -0.4 is 4.87 Å². The van der Waals surface area contributed by atoms with E-state index < -0.39 is 0 Å². The molecule has 0 fully saturated rings. The minimum absolute atomic E-state index is 0.102. The van der Waals surface area contributed by atoms with Crippen LogP contribution in [-0.2, 0) is 6.54 Å². The Hall–Kier alpha value is -1.38. The number of halogens is 1. The standard InChI is InChI=1S/C9H6ClN3OS/c10-6-4-7-8(12-5-6)15-9(14)13(7)3-1-2-11/h4-5H,1,3H2. The second-order valence-electron chi connectivity index (χ2n) is 2.91. The van der Waals surface area contributed by atoms with Gasteiger partial charge in [0, 0.05) is 12.7 Å². The van der Waals surface area contributed by atoms with Gasteiger partial charge >= 0.3 is 4.87 Å². The summed E-state index contributed by atoms with van der Waals surface area (Å²) in [6, 6.07) is 3.70. The predicted molar refractivity (Wildman–Crippen MR) is 59.1 cm³/mol. The van der Waals surface area contributed by atoms with Crippen molar-refractivity contribution in [2.75, 3.05) is 0 Å². The maximum Gasteiger partial charge on any atom is 0.309 e. The molecule has 6 heteroatoms. The molecule has 15 heavy (non-hydrogen) atoms. The smallest absolute Gasteiger partial charge is 0.296 e. The average molecular weight is 240 g/mol. The van der Waals surface area contributed by atoms with Crippen molar-refractivity contribution in [3.63, 3.8) is 0 Å². The van der Waals surface area contributed by atoms with Crippen LogP contribution in [0.15, 0.2) is 17.1 Å². The Balaban J connectivity index is 2.61. The number of nitriles is 1. The minimum Gasteiger partial charge on any atom is -0.296 e. The highest BCUT2D eigenvalue weighted by atomic mass is 35.5. The first kappa shape index (κ1) is 10.1. The van der Waals surface area contributed by atoms with Gasteiger partial charge in [0.1, 0.15) is 4.83 Å². The monoisotopic (exact) mass is 239 g/mol.